The van der Waals surface area contributed by atoms with Gasteiger partial charge >= 0.3 is 0 Å². The maximum Gasteiger partial charge on any atom is 0.258 e. The number of aliphatic hydroxyl groups is 1. The van der Waals surface area contributed by atoms with Crippen molar-refractivity contribution in [2.24, 2.45) is 11.8 Å². The highest BCUT2D eigenvalue weighted by molar-refractivity contribution is 5.83. The van der Waals surface area contributed by atoms with E-state index in [4.69, 9.17) is 0 Å². The van der Waals surface area contributed by atoms with Gasteiger partial charge in [0, 0.05) is 42.3 Å². The second kappa shape index (κ2) is 7.88. The van der Waals surface area contributed by atoms with Gasteiger partial charge in [-0.1, -0.05) is 19.1 Å². The van der Waals surface area contributed by atoms with Crippen LogP contribution in [-0.4, -0.2) is 45.7 Å². The number of fused-ring (bicyclic) bond motifs is 3. The lowest BCUT2D eigenvalue weighted by Crippen LogP contribution is -2.52. The van der Waals surface area contributed by atoms with E-state index in [9.17, 15) is 19.1 Å². The summed E-state index contributed by atoms with van der Waals surface area (Å²) in [5, 5.41) is 13.4. The van der Waals surface area contributed by atoms with E-state index >= 15 is 0 Å². The third kappa shape index (κ3) is 3.22. The molecular formula is C24H28FN3O3. The second-order valence-corrected chi connectivity index (χ2v) is 8.96. The lowest BCUT2D eigenvalue weighted by atomic mass is 9.87. The van der Waals surface area contributed by atoms with E-state index < -0.39 is 0 Å². The van der Waals surface area contributed by atoms with Crippen LogP contribution < -0.4 is 10.9 Å². The quantitative estimate of drug-likeness (QED) is 0.771. The maximum atomic E-state index is 13.3. The molecular weight excluding hydrogens is 397 g/mol. The molecule has 1 amide bonds. The predicted molar refractivity (Wildman–Crippen MR) is 115 cm³/mol. The Bertz CT molecular complexity index is 1050. The first-order valence-corrected chi connectivity index (χ1v) is 11.2. The minimum absolute atomic E-state index is 0.00161. The Kier molecular flexibility index (Phi) is 5.18. The van der Waals surface area contributed by atoms with Crippen molar-refractivity contribution < 1.29 is 14.3 Å². The summed E-state index contributed by atoms with van der Waals surface area (Å²) in [7, 11) is 0. The van der Waals surface area contributed by atoms with Gasteiger partial charge in [0.25, 0.3) is 5.56 Å². The van der Waals surface area contributed by atoms with Crippen molar-refractivity contribution in [1.29, 1.82) is 0 Å². The van der Waals surface area contributed by atoms with Crippen LogP contribution in [0.15, 0.2) is 41.2 Å². The van der Waals surface area contributed by atoms with Crippen LogP contribution in [0.2, 0.25) is 0 Å². The monoisotopic (exact) mass is 425 g/mol. The van der Waals surface area contributed by atoms with E-state index in [1.165, 1.54) is 12.1 Å². The Hall–Kier alpha value is -2.51. The Morgan fingerprint density at radius 2 is 1.94 bits per heavy atom. The molecule has 0 spiro atoms. The molecule has 31 heavy (non-hydrogen) atoms. The lowest BCUT2D eigenvalue weighted by molar-refractivity contribution is -0.129. The number of amides is 1. The highest BCUT2D eigenvalue weighted by Gasteiger charge is 2.55. The molecule has 1 aromatic heterocycles. The van der Waals surface area contributed by atoms with Crippen molar-refractivity contribution in [2.45, 2.75) is 50.9 Å². The summed E-state index contributed by atoms with van der Waals surface area (Å²) in [5.74, 6) is -0.566. The molecule has 4 atom stereocenters. The number of likely N-dealkylation sites (N-methyl/N-ethyl adjacent to an activating group) is 1. The van der Waals surface area contributed by atoms with Crippen LogP contribution in [0.1, 0.15) is 37.9 Å². The Balaban J connectivity index is 1.49. The molecule has 6 nitrogen and oxygen atoms in total. The molecule has 5 rings (SSSR count). The Morgan fingerprint density at radius 3 is 2.55 bits per heavy atom. The number of aliphatic hydroxyl groups excluding tert-OH is 1. The van der Waals surface area contributed by atoms with Gasteiger partial charge < -0.3 is 15.0 Å². The standard InChI is InChI=1S/C24H28FN3O3/c1-2-27-21-18(19(13-29)22(27)23(30)26-16-4-3-5-16)12-28-20(21)11-10-17(24(28)31)14-6-8-15(25)9-7-14/h6-11,16,18-19,21-22,29H,2-5,12-13H2,1H3,(H,26,30)/t18-,19-,21+,22-/m1/s1. The van der Waals surface area contributed by atoms with Crippen LogP contribution in [0.3, 0.4) is 0 Å². The fraction of sp³-hybridized carbons (Fsp3) is 0.500. The largest absolute Gasteiger partial charge is 0.396 e. The number of likely N-dealkylation sites (tertiary alicyclic amines) is 1. The van der Waals surface area contributed by atoms with Crippen molar-refractivity contribution in [3.05, 3.63) is 58.3 Å². The third-order valence-corrected chi connectivity index (χ3v) is 7.43. The first-order valence-electron chi connectivity index (χ1n) is 11.2. The van der Waals surface area contributed by atoms with Crippen LogP contribution in [0.4, 0.5) is 4.39 Å². The molecule has 1 saturated heterocycles. The number of carbonyl (C=O) groups excluding carboxylic acids is 1. The topological polar surface area (TPSA) is 74.6 Å². The summed E-state index contributed by atoms with van der Waals surface area (Å²) in [6.45, 7) is 3.07. The number of halogens is 1. The number of hydrogen-bond donors (Lipinski definition) is 2. The van der Waals surface area contributed by atoms with Crippen LogP contribution in [0.25, 0.3) is 11.1 Å². The van der Waals surface area contributed by atoms with E-state index in [1.807, 2.05) is 13.0 Å². The van der Waals surface area contributed by atoms with E-state index in [1.54, 1.807) is 22.8 Å². The summed E-state index contributed by atoms with van der Waals surface area (Å²) < 4.78 is 15.1. The van der Waals surface area contributed by atoms with Crippen LogP contribution in [0, 0.1) is 17.7 Å². The van der Waals surface area contributed by atoms with Crippen molar-refractivity contribution in [3.8, 4) is 11.1 Å². The molecule has 2 fully saturated rings. The smallest absolute Gasteiger partial charge is 0.258 e. The molecule has 1 aromatic carbocycles. The van der Waals surface area contributed by atoms with Crippen molar-refractivity contribution >= 4 is 5.91 Å². The minimum atomic E-state index is -0.383. The van der Waals surface area contributed by atoms with Gasteiger partial charge in [0.1, 0.15) is 5.82 Å². The summed E-state index contributed by atoms with van der Waals surface area (Å²) in [4.78, 5) is 28.5. The van der Waals surface area contributed by atoms with Gasteiger partial charge in [-0.25, -0.2) is 4.39 Å². The molecule has 1 saturated carbocycles. The zero-order chi connectivity index (χ0) is 21.7. The summed E-state index contributed by atoms with van der Waals surface area (Å²) in [5.41, 5.74) is 2.00. The molecule has 2 aliphatic heterocycles. The zero-order valence-electron chi connectivity index (χ0n) is 17.6. The molecule has 164 valence electrons. The van der Waals surface area contributed by atoms with Gasteiger partial charge in [0.05, 0.1) is 12.1 Å². The van der Waals surface area contributed by atoms with Crippen LogP contribution >= 0.6 is 0 Å². The number of benzene rings is 1. The number of pyridine rings is 1. The number of nitrogens with zero attached hydrogens (tertiary/aromatic N) is 2. The van der Waals surface area contributed by atoms with Crippen LogP contribution in [0.5, 0.6) is 0 Å². The van der Waals surface area contributed by atoms with Gasteiger partial charge in [-0.3, -0.25) is 14.5 Å². The van der Waals surface area contributed by atoms with Gasteiger partial charge in [-0.15, -0.1) is 0 Å². The molecule has 2 aromatic rings. The number of aromatic nitrogens is 1. The Labute approximate surface area is 180 Å². The molecule has 2 N–H and O–H groups in total. The molecule has 1 aliphatic carbocycles. The maximum absolute atomic E-state index is 13.3. The van der Waals surface area contributed by atoms with Gasteiger partial charge in [0.2, 0.25) is 5.91 Å². The first-order chi connectivity index (χ1) is 15.0. The molecule has 7 heteroatoms. The third-order valence-electron chi connectivity index (χ3n) is 7.43. The first kappa shape index (κ1) is 20.4. The minimum Gasteiger partial charge on any atom is -0.396 e. The zero-order valence-corrected chi connectivity index (χ0v) is 17.6. The second-order valence-electron chi connectivity index (χ2n) is 8.96. The fourth-order valence-corrected chi connectivity index (χ4v) is 5.67. The highest BCUT2D eigenvalue weighted by atomic mass is 19.1. The predicted octanol–water partition coefficient (Wildman–Crippen LogP) is 2.31. The molecule has 0 radical (unpaired) electrons. The molecule has 0 unspecified atom stereocenters. The number of rotatable bonds is 5. The number of nitrogens with one attached hydrogen (secondary N) is 1. The molecule has 3 aliphatic rings. The van der Waals surface area contributed by atoms with Crippen molar-refractivity contribution in [3.63, 3.8) is 0 Å². The van der Waals surface area contributed by atoms with Gasteiger partial charge in [-0.2, -0.15) is 0 Å². The summed E-state index contributed by atoms with van der Waals surface area (Å²) in [6.07, 6.45) is 3.19. The van der Waals surface area contributed by atoms with E-state index in [0.717, 1.165) is 25.0 Å². The highest BCUT2D eigenvalue weighted by Crippen LogP contribution is 2.49. The normalized spacial score (nSPS) is 27.6. The van der Waals surface area contributed by atoms with E-state index in [2.05, 4.69) is 10.2 Å². The van der Waals surface area contributed by atoms with Crippen molar-refractivity contribution in [1.82, 2.24) is 14.8 Å². The molecule has 0 bridgehead atoms. The van der Waals surface area contributed by atoms with Crippen LogP contribution in [-0.2, 0) is 11.3 Å². The van der Waals surface area contributed by atoms with E-state index in [0.29, 0.717) is 24.2 Å². The number of hydrogen-bond acceptors (Lipinski definition) is 4. The summed E-state index contributed by atoms with van der Waals surface area (Å²) >= 11 is 0. The van der Waals surface area contributed by atoms with E-state index in [-0.39, 0.29) is 53.9 Å². The van der Waals surface area contributed by atoms with Gasteiger partial charge in [0.15, 0.2) is 0 Å². The fourth-order valence-electron chi connectivity index (χ4n) is 5.67. The number of carbonyl (C=O) groups is 1. The Morgan fingerprint density at radius 1 is 1.19 bits per heavy atom. The lowest BCUT2D eigenvalue weighted by Gasteiger charge is -2.33. The average Bonchev–Trinajstić information content (AvgIpc) is 3.26. The average molecular weight is 426 g/mol. The SMILES string of the molecule is CCN1[C@@H]2c3ccc(-c4ccc(F)cc4)c(=O)n3C[C@@H]2[C@@H](CO)[C@@H]1C(=O)NC1CCC1. The van der Waals surface area contributed by atoms with Gasteiger partial charge in [-0.05, 0) is 55.6 Å². The summed E-state index contributed by atoms with van der Waals surface area (Å²) in [6, 6.07) is 9.48. The van der Waals surface area contributed by atoms with Crippen molar-refractivity contribution in [2.75, 3.05) is 13.2 Å². The molecule has 3 heterocycles.